The highest BCUT2D eigenvalue weighted by Crippen LogP contribution is 2.36. The van der Waals surface area contributed by atoms with Crippen molar-refractivity contribution in [3.05, 3.63) is 40.6 Å². The van der Waals surface area contributed by atoms with Crippen LogP contribution in [0.1, 0.15) is 55.2 Å². The summed E-state index contributed by atoms with van der Waals surface area (Å²) >= 11 is 0. The maximum Gasteiger partial charge on any atom is 0.278 e. The number of hydrogen-bond donors (Lipinski definition) is 0. The summed E-state index contributed by atoms with van der Waals surface area (Å²) in [6, 6.07) is 6.19. The minimum Gasteiger partial charge on any atom is -0.364 e. The average Bonchev–Trinajstić information content (AvgIpc) is 2.87. The molecular weight excluding hydrogens is 362 g/mol. The van der Waals surface area contributed by atoms with E-state index in [1.165, 1.54) is 18.4 Å². The fourth-order valence-corrected chi connectivity index (χ4v) is 4.86. The number of imide groups is 1. The molecule has 0 atom stereocenters. The van der Waals surface area contributed by atoms with E-state index >= 15 is 0 Å². The van der Waals surface area contributed by atoms with Crippen molar-refractivity contribution in [1.29, 1.82) is 0 Å². The first-order valence-corrected chi connectivity index (χ1v) is 11.1. The third kappa shape index (κ3) is 3.85. The maximum atomic E-state index is 13.7. The van der Waals surface area contributed by atoms with Crippen molar-refractivity contribution >= 4 is 17.4 Å². The second-order valence-corrected chi connectivity index (χ2v) is 8.94. The molecule has 2 amide bonds. The highest BCUT2D eigenvalue weighted by atomic mass is 16.2. The van der Waals surface area contributed by atoms with Gasteiger partial charge in [0.2, 0.25) is 0 Å². The van der Waals surface area contributed by atoms with Gasteiger partial charge in [0.25, 0.3) is 11.8 Å². The number of aryl methyl sites for hydroxylation is 2. The van der Waals surface area contributed by atoms with Crippen molar-refractivity contribution in [1.82, 2.24) is 14.7 Å². The summed E-state index contributed by atoms with van der Waals surface area (Å²) in [5.74, 6) is -0.154. The first-order chi connectivity index (χ1) is 14.0. The molecule has 5 nitrogen and oxygen atoms in total. The topological polar surface area (TPSA) is 43.9 Å². The zero-order valence-corrected chi connectivity index (χ0v) is 18.0. The van der Waals surface area contributed by atoms with E-state index in [9.17, 15) is 9.59 Å². The molecule has 1 aliphatic carbocycles. The fourth-order valence-electron chi connectivity index (χ4n) is 4.86. The van der Waals surface area contributed by atoms with Crippen LogP contribution in [-0.4, -0.2) is 65.8 Å². The Morgan fingerprint density at radius 2 is 1.48 bits per heavy atom. The Kier molecular flexibility index (Phi) is 5.77. The van der Waals surface area contributed by atoms with Gasteiger partial charge in [-0.05, 0) is 50.4 Å². The molecule has 4 rings (SSSR count). The van der Waals surface area contributed by atoms with E-state index in [1.54, 1.807) is 4.90 Å². The third-order valence-electron chi connectivity index (χ3n) is 6.90. The van der Waals surface area contributed by atoms with E-state index in [0.717, 1.165) is 63.0 Å². The van der Waals surface area contributed by atoms with Gasteiger partial charge in [0.05, 0.1) is 5.57 Å². The van der Waals surface area contributed by atoms with Gasteiger partial charge in [0, 0.05) is 32.2 Å². The summed E-state index contributed by atoms with van der Waals surface area (Å²) in [6.07, 6.45) is 6.49. The molecule has 2 fully saturated rings. The molecule has 3 aliphatic rings. The number of benzene rings is 1. The van der Waals surface area contributed by atoms with Crippen molar-refractivity contribution in [2.45, 2.75) is 58.4 Å². The smallest absolute Gasteiger partial charge is 0.278 e. The molecule has 29 heavy (non-hydrogen) atoms. The van der Waals surface area contributed by atoms with Crippen LogP contribution in [-0.2, 0) is 9.59 Å². The standard InChI is InChI=1S/C24H33N3O2/c1-17-10-11-19(16-18(17)2)21-22(26-14-12-25(3)13-15-26)24(29)27(23(21)28)20-8-6-4-5-7-9-20/h10-11,16,20H,4-9,12-15H2,1-3H3. The zero-order chi connectivity index (χ0) is 20.5. The van der Waals surface area contributed by atoms with Crippen molar-refractivity contribution in [3.63, 3.8) is 0 Å². The van der Waals surface area contributed by atoms with Gasteiger partial charge in [0.15, 0.2) is 0 Å². The SMILES string of the molecule is Cc1ccc(C2=C(N3CCN(C)CC3)C(=O)N(C3CCCCCC3)C2=O)cc1C. The number of carbonyl (C=O) groups is 2. The van der Waals surface area contributed by atoms with Gasteiger partial charge < -0.3 is 9.80 Å². The normalized spacial score (nSPS) is 22.6. The van der Waals surface area contributed by atoms with Gasteiger partial charge in [-0.15, -0.1) is 0 Å². The molecule has 0 unspecified atom stereocenters. The number of amides is 2. The van der Waals surface area contributed by atoms with Gasteiger partial charge in [-0.2, -0.15) is 0 Å². The van der Waals surface area contributed by atoms with Crippen LogP contribution in [0.3, 0.4) is 0 Å². The minimum absolute atomic E-state index is 0.0454. The molecule has 2 heterocycles. The van der Waals surface area contributed by atoms with Crippen molar-refractivity contribution in [2.24, 2.45) is 0 Å². The molecule has 0 aromatic heterocycles. The number of nitrogens with zero attached hydrogens (tertiary/aromatic N) is 3. The van der Waals surface area contributed by atoms with Crippen LogP contribution < -0.4 is 0 Å². The Morgan fingerprint density at radius 1 is 0.828 bits per heavy atom. The molecule has 156 valence electrons. The van der Waals surface area contributed by atoms with Gasteiger partial charge in [-0.25, -0.2) is 0 Å². The second-order valence-electron chi connectivity index (χ2n) is 8.94. The largest absolute Gasteiger partial charge is 0.364 e. The van der Waals surface area contributed by atoms with Crippen LogP contribution in [0.2, 0.25) is 0 Å². The first-order valence-electron chi connectivity index (χ1n) is 11.1. The predicted octanol–water partition coefficient (Wildman–Crippen LogP) is 3.35. The van der Waals surface area contributed by atoms with Gasteiger partial charge in [-0.3, -0.25) is 14.5 Å². The van der Waals surface area contributed by atoms with Crippen LogP contribution in [0.15, 0.2) is 23.9 Å². The molecule has 1 aromatic carbocycles. The van der Waals surface area contributed by atoms with Gasteiger partial charge >= 0.3 is 0 Å². The Morgan fingerprint density at radius 3 is 2.10 bits per heavy atom. The van der Waals surface area contributed by atoms with Crippen LogP contribution >= 0.6 is 0 Å². The Hall–Kier alpha value is -2.14. The summed E-state index contributed by atoms with van der Waals surface area (Å²) in [4.78, 5) is 33.3. The fraction of sp³-hybridized carbons (Fsp3) is 0.583. The van der Waals surface area contributed by atoms with E-state index in [2.05, 4.69) is 42.8 Å². The van der Waals surface area contributed by atoms with Gasteiger partial charge in [-0.1, -0.05) is 43.9 Å². The van der Waals surface area contributed by atoms with E-state index in [4.69, 9.17) is 0 Å². The predicted molar refractivity (Wildman–Crippen MR) is 115 cm³/mol. The molecular formula is C24H33N3O2. The molecule has 0 bridgehead atoms. The summed E-state index contributed by atoms with van der Waals surface area (Å²) in [5, 5.41) is 0. The number of rotatable bonds is 3. The Bertz CT molecular complexity index is 829. The van der Waals surface area contributed by atoms with Crippen LogP contribution in [0.25, 0.3) is 5.57 Å². The van der Waals surface area contributed by atoms with E-state index in [-0.39, 0.29) is 17.9 Å². The number of carbonyl (C=O) groups excluding carboxylic acids is 2. The van der Waals surface area contributed by atoms with Crippen molar-refractivity contribution < 1.29 is 9.59 Å². The third-order valence-corrected chi connectivity index (χ3v) is 6.90. The van der Waals surface area contributed by atoms with Crippen LogP contribution in [0, 0.1) is 13.8 Å². The highest BCUT2D eigenvalue weighted by molar-refractivity contribution is 6.35. The summed E-state index contributed by atoms with van der Waals surface area (Å²) < 4.78 is 0. The average molecular weight is 396 g/mol. The van der Waals surface area contributed by atoms with Crippen LogP contribution in [0.5, 0.6) is 0 Å². The second kappa shape index (κ2) is 8.31. The minimum atomic E-state index is -0.0842. The zero-order valence-electron chi connectivity index (χ0n) is 18.0. The lowest BCUT2D eigenvalue weighted by Gasteiger charge is -2.35. The summed E-state index contributed by atoms with van der Waals surface area (Å²) in [6.45, 7) is 7.55. The number of likely N-dealkylation sites (N-methyl/N-ethyl adjacent to an activating group) is 1. The number of piperazine rings is 1. The van der Waals surface area contributed by atoms with E-state index in [1.807, 2.05) is 6.07 Å². The molecule has 1 saturated heterocycles. The summed E-state index contributed by atoms with van der Waals surface area (Å²) in [5.41, 5.74) is 4.49. The molecule has 1 aromatic rings. The molecule has 0 radical (unpaired) electrons. The molecule has 0 spiro atoms. The maximum absolute atomic E-state index is 13.7. The quantitative estimate of drug-likeness (QED) is 0.582. The molecule has 5 heteroatoms. The lowest BCUT2D eigenvalue weighted by atomic mass is 9.99. The monoisotopic (exact) mass is 395 g/mol. The lowest BCUT2D eigenvalue weighted by Crippen LogP contribution is -2.47. The first kappa shape index (κ1) is 20.1. The van der Waals surface area contributed by atoms with E-state index in [0.29, 0.717) is 11.3 Å². The molecule has 2 aliphatic heterocycles. The van der Waals surface area contributed by atoms with Crippen molar-refractivity contribution in [3.8, 4) is 0 Å². The highest BCUT2D eigenvalue weighted by Gasteiger charge is 2.45. The molecule has 1 saturated carbocycles. The Labute approximate surface area is 174 Å². The van der Waals surface area contributed by atoms with Crippen molar-refractivity contribution in [2.75, 3.05) is 33.2 Å². The number of hydrogen-bond acceptors (Lipinski definition) is 4. The lowest BCUT2D eigenvalue weighted by molar-refractivity contribution is -0.140. The van der Waals surface area contributed by atoms with Gasteiger partial charge in [0.1, 0.15) is 5.70 Å². The Balaban J connectivity index is 1.75. The van der Waals surface area contributed by atoms with E-state index < -0.39 is 0 Å². The summed E-state index contributed by atoms with van der Waals surface area (Å²) in [7, 11) is 2.11. The molecule has 0 N–H and O–H groups in total. The van der Waals surface area contributed by atoms with Crippen LogP contribution in [0.4, 0.5) is 0 Å².